The number of carbonyl (C=O) groups is 1. The first-order valence-electron chi connectivity index (χ1n) is 5.75. The second-order valence-corrected chi connectivity index (χ2v) is 4.02. The predicted molar refractivity (Wildman–Crippen MR) is 73.6 cm³/mol. The Morgan fingerprint density at radius 1 is 1.33 bits per heavy atom. The van der Waals surface area contributed by atoms with Crippen molar-refractivity contribution < 1.29 is 14.3 Å². The maximum Gasteiger partial charge on any atom is 0.280 e. The van der Waals surface area contributed by atoms with Gasteiger partial charge in [-0.3, -0.25) is 9.59 Å². The monoisotopic (exact) mass is 289 g/mol. The summed E-state index contributed by atoms with van der Waals surface area (Å²) in [4.78, 5) is 30.0. The molecule has 1 aromatic heterocycles. The molecule has 9 nitrogen and oxygen atoms in total. The van der Waals surface area contributed by atoms with Crippen LogP contribution in [0.4, 0.5) is 0 Å². The van der Waals surface area contributed by atoms with E-state index in [4.69, 9.17) is 15.0 Å². The number of ether oxygens (including phenoxy) is 2. The van der Waals surface area contributed by atoms with Crippen LogP contribution >= 0.6 is 0 Å². The molecule has 1 amide bonds. The Morgan fingerprint density at radius 2 is 1.95 bits per heavy atom. The molecule has 0 aliphatic carbocycles. The van der Waals surface area contributed by atoms with Crippen molar-refractivity contribution in [2.45, 2.75) is 0 Å². The minimum absolute atomic E-state index is 0.339. The van der Waals surface area contributed by atoms with Crippen LogP contribution in [0, 0.1) is 0 Å². The average molecular weight is 289 g/mol. The van der Waals surface area contributed by atoms with Crippen LogP contribution in [0.15, 0.2) is 22.0 Å². The van der Waals surface area contributed by atoms with E-state index in [2.05, 4.69) is 15.0 Å². The highest BCUT2D eigenvalue weighted by atomic mass is 16.5. The molecule has 0 aliphatic heterocycles. The molecule has 2 rings (SSSR count). The summed E-state index contributed by atoms with van der Waals surface area (Å²) in [5.41, 5.74) is 7.97. The van der Waals surface area contributed by atoms with E-state index in [-0.39, 0.29) is 0 Å². The normalized spacial score (nSPS) is 10.0. The van der Waals surface area contributed by atoms with Crippen molar-refractivity contribution in [2.75, 3.05) is 14.2 Å². The second-order valence-electron chi connectivity index (χ2n) is 4.02. The van der Waals surface area contributed by atoms with Gasteiger partial charge in [-0.25, -0.2) is 4.98 Å². The van der Waals surface area contributed by atoms with Crippen LogP contribution in [0.1, 0.15) is 10.5 Å². The first-order valence-corrected chi connectivity index (χ1v) is 5.75. The van der Waals surface area contributed by atoms with Crippen LogP contribution in [-0.4, -0.2) is 29.7 Å². The van der Waals surface area contributed by atoms with Gasteiger partial charge < -0.3 is 14.0 Å². The van der Waals surface area contributed by atoms with Crippen LogP contribution in [0.5, 0.6) is 11.5 Å². The van der Waals surface area contributed by atoms with E-state index in [1.54, 1.807) is 6.07 Å². The van der Waals surface area contributed by atoms with E-state index in [9.17, 15) is 9.59 Å². The number of rotatable bonds is 3. The lowest BCUT2D eigenvalue weighted by Gasteiger charge is -2.11. The van der Waals surface area contributed by atoms with E-state index >= 15 is 0 Å². The first kappa shape index (κ1) is 14.4. The molecule has 0 radical (unpaired) electrons. The molecule has 0 bridgehead atoms. The van der Waals surface area contributed by atoms with Gasteiger partial charge in [0.2, 0.25) is 0 Å². The number of amides is 1. The van der Waals surface area contributed by atoms with Gasteiger partial charge in [0, 0.05) is 24.1 Å². The lowest BCUT2D eigenvalue weighted by Crippen LogP contribution is -2.25. The first-order chi connectivity index (χ1) is 10.0. The molecule has 108 valence electrons. The number of methoxy groups -OCH3 is 2. The number of benzene rings is 1. The minimum Gasteiger partial charge on any atom is -0.493 e. The zero-order chi connectivity index (χ0) is 15.6. The molecule has 0 fully saturated rings. The molecule has 0 saturated carbocycles. The summed E-state index contributed by atoms with van der Waals surface area (Å²) >= 11 is 0. The molecule has 0 spiro atoms. The number of hydrogen-bond donors (Lipinski definition) is 0. The fourth-order valence-electron chi connectivity index (χ4n) is 1.88. The summed E-state index contributed by atoms with van der Waals surface area (Å²) in [6, 6.07) is 3.10. The Bertz CT molecular complexity index is 836. The SMILES string of the molecule is COc1cc2nc(C(=O)N=[N+]=[N-])c(=O)n(C)c2cc1OC. The molecule has 0 unspecified atom stereocenters. The van der Waals surface area contributed by atoms with E-state index in [1.165, 1.54) is 31.9 Å². The van der Waals surface area contributed by atoms with Crippen molar-refractivity contribution >= 4 is 16.9 Å². The highest BCUT2D eigenvalue weighted by molar-refractivity contribution is 5.94. The molecule has 0 atom stereocenters. The van der Waals surface area contributed by atoms with Gasteiger partial charge in [-0.15, -0.1) is 0 Å². The van der Waals surface area contributed by atoms with E-state index < -0.39 is 17.2 Å². The van der Waals surface area contributed by atoms with Crippen molar-refractivity contribution in [3.63, 3.8) is 0 Å². The van der Waals surface area contributed by atoms with Gasteiger partial charge in [-0.1, -0.05) is 0 Å². The standard InChI is InChI=1S/C12H11N5O4/c1-17-7-5-9(21-3)8(20-2)4-6(7)14-10(12(17)19)11(18)15-16-13/h4-5H,1-3H3. The highest BCUT2D eigenvalue weighted by Crippen LogP contribution is 2.30. The third kappa shape index (κ3) is 2.37. The summed E-state index contributed by atoms with van der Waals surface area (Å²) in [5.74, 6) is -0.205. The van der Waals surface area contributed by atoms with E-state index in [1.807, 2.05) is 0 Å². The number of carbonyl (C=O) groups excluding carboxylic acids is 1. The second kappa shape index (κ2) is 5.51. The zero-order valence-electron chi connectivity index (χ0n) is 11.5. The van der Waals surface area contributed by atoms with E-state index in [0.717, 1.165) is 0 Å². The van der Waals surface area contributed by atoms with Crippen molar-refractivity contribution in [2.24, 2.45) is 12.2 Å². The Hall–Kier alpha value is -3.06. The van der Waals surface area contributed by atoms with Gasteiger partial charge in [0.15, 0.2) is 17.2 Å². The lowest BCUT2D eigenvalue weighted by molar-refractivity contribution is 0.0994. The average Bonchev–Trinajstić information content (AvgIpc) is 2.49. The molecule has 21 heavy (non-hydrogen) atoms. The summed E-state index contributed by atoms with van der Waals surface area (Å²) in [6.07, 6.45) is 0. The number of aryl methyl sites for hydroxylation is 1. The Labute approximate surface area is 118 Å². The molecule has 0 aliphatic rings. The highest BCUT2D eigenvalue weighted by Gasteiger charge is 2.17. The largest absolute Gasteiger partial charge is 0.493 e. The van der Waals surface area contributed by atoms with Crippen molar-refractivity contribution in [1.29, 1.82) is 0 Å². The number of nitrogens with zero attached hydrogens (tertiary/aromatic N) is 5. The van der Waals surface area contributed by atoms with Gasteiger partial charge >= 0.3 is 0 Å². The Balaban J connectivity index is 2.84. The fraction of sp³-hybridized carbons (Fsp3) is 0.250. The van der Waals surface area contributed by atoms with Gasteiger partial charge in [-0.2, -0.15) is 0 Å². The number of aromatic nitrogens is 2. The number of fused-ring (bicyclic) bond motifs is 1. The van der Waals surface area contributed by atoms with Crippen LogP contribution in [0.3, 0.4) is 0 Å². The molecule has 1 aromatic carbocycles. The van der Waals surface area contributed by atoms with Crippen LogP contribution in [0.2, 0.25) is 0 Å². The topological polar surface area (TPSA) is 119 Å². The smallest absolute Gasteiger partial charge is 0.280 e. The van der Waals surface area contributed by atoms with Crippen LogP contribution in [-0.2, 0) is 7.05 Å². The predicted octanol–water partition coefficient (Wildman–Crippen LogP) is 1.40. The van der Waals surface area contributed by atoms with Gasteiger partial charge in [0.05, 0.1) is 25.3 Å². The lowest BCUT2D eigenvalue weighted by atomic mass is 10.2. The van der Waals surface area contributed by atoms with Crippen molar-refractivity contribution in [3.05, 3.63) is 38.6 Å². The molecule has 0 saturated heterocycles. The van der Waals surface area contributed by atoms with Crippen LogP contribution < -0.4 is 15.0 Å². The summed E-state index contributed by atoms with van der Waals surface area (Å²) in [5, 5.41) is 2.89. The summed E-state index contributed by atoms with van der Waals surface area (Å²) in [6.45, 7) is 0. The van der Waals surface area contributed by atoms with Crippen molar-refractivity contribution in [1.82, 2.24) is 9.55 Å². The Morgan fingerprint density at radius 3 is 2.52 bits per heavy atom. The van der Waals surface area contributed by atoms with Crippen molar-refractivity contribution in [3.8, 4) is 11.5 Å². The molecular formula is C12H11N5O4. The Kier molecular flexibility index (Phi) is 3.77. The van der Waals surface area contributed by atoms with Gasteiger partial charge in [0.1, 0.15) is 0 Å². The van der Waals surface area contributed by atoms with Gasteiger partial charge in [0.25, 0.3) is 11.5 Å². The van der Waals surface area contributed by atoms with Crippen LogP contribution in [0.25, 0.3) is 21.5 Å². The molecular weight excluding hydrogens is 278 g/mol. The third-order valence-electron chi connectivity index (χ3n) is 2.92. The van der Waals surface area contributed by atoms with E-state index in [0.29, 0.717) is 22.5 Å². The molecule has 9 heteroatoms. The molecule has 0 N–H and O–H groups in total. The molecule has 2 aromatic rings. The summed E-state index contributed by atoms with van der Waals surface area (Å²) in [7, 11) is 4.40. The quantitative estimate of drug-likeness (QED) is 0.480. The number of hydrogen-bond acceptors (Lipinski definition) is 5. The fourth-order valence-corrected chi connectivity index (χ4v) is 1.88. The van der Waals surface area contributed by atoms with Gasteiger partial charge in [-0.05, 0) is 10.6 Å². The third-order valence-corrected chi connectivity index (χ3v) is 2.92. The minimum atomic E-state index is -1.03. The number of azide groups is 1. The zero-order valence-corrected chi connectivity index (χ0v) is 11.5. The maximum absolute atomic E-state index is 12.1. The maximum atomic E-state index is 12.1. The summed E-state index contributed by atoms with van der Waals surface area (Å²) < 4.78 is 11.5. The molecule has 1 heterocycles.